The molecule has 0 atom stereocenters. The Kier molecular flexibility index (Phi) is 5.16. The van der Waals surface area contributed by atoms with Gasteiger partial charge in [0.15, 0.2) is 0 Å². The highest BCUT2D eigenvalue weighted by Crippen LogP contribution is 2.27. The number of para-hydroxylation sites is 1. The second-order valence-corrected chi connectivity index (χ2v) is 4.60. The van der Waals surface area contributed by atoms with Gasteiger partial charge in [0.05, 0.1) is 0 Å². The molecule has 0 spiro atoms. The van der Waals surface area contributed by atoms with Gasteiger partial charge in [0, 0.05) is 18.7 Å². The van der Waals surface area contributed by atoms with Gasteiger partial charge in [-0.1, -0.05) is 32.0 Å². The Morgan fingerprint density at radius 3 is 2.65 bits per heavy atom. The van der Waals surface area contributed by atoms with Crippen LogP contribution >= 0.6 is 0 Å². The lowest BCUT2D eigenvalue weighted by molar-refractivity contribution is -0.116. The van der Waals surface area contributed by atoms with Gasteiger partial charge >= 0.3 is 0 Å². The fourth-order valence-corrected chi connectivity index (χ4v) is 1.78. The monoisotopic (exact) mass is 234 g/mol. The molecular formula is C14H22N2O. The van der Waals surface area contributed by atoms with Crippen LogP contribution in [0.4, 0.5) is 5.69 Å². The Hall–Kier alpha value is -1.35. The van der Waals surface area contributed by atoms with E-state index in [-0.39, 0.29) is 5.91 Å². The van der Waals surface area contributed by atoms with Gasteiger partial charge in [0.25, 0.3) is 0 Å². The third kappa shape index (κ3) is 3.86. The summed E-state index contributed by atoms with van der Waals surface area (Å²) >= 11 is 0. The highest BCUT2D eigenvalue weighted by Gasteiger charge is 2.11. The van der Waals surface area contributed by atoms with Crippen LogP contribution in [0, 0.1) is 6.92 Å². The molecule has 0 aromatic heterocycles. The number of carbonyl (C=O) groups is 1. The van der Waals surface area contributed by atoms with Crippen LogP contribution in [0.3, 0.4) is 0 Å². The molecule has 0 aliphatic rings. The second-order valence-electron chi connectivity index (χ2n) is 4.60. The summed E-state index contributed by atoms with van der Waals surface area (Å²) in [5.74, 6) is 0.477. The van der Waals surface area contributed by atoms with Gasteiger partial charge in [-0.3, -0.25) is 4.79 Å². The van der Waals surface area contributed by atoms with E-state index in [0.717, 1.165) is 11.3 Å². The van der Waals surface area contributed by atoms with Crippen molar-refractivity contribution < 1.29 is 4.79 Å². The summed E-state index contributed by atoms with van der Waals surface area (Å²) in [4.78, 5) is 11.7. The number of aryl methyl sites for hydroxylation is 1. The average molecular weight is 234 g/mol. The van der Waals surface area contributed by atoms with E-state index in [1.54, 1.807) is 0 Å². The molecule has 94 valence electrons. The van der Waals surface area contributed by atoms with Crippen LogP contribution in [0.5, 0.6) is 0 Å². The molecule has 2 N–H and O–H groups in total. The normalized spacial score (nSPS) is 10.6. The van der Waals surface area contributed by atoms with E-state index >= 15 is 0 Å². The third-order valence-corrected chi connectivity index (χ3v) is 2.79. The fourth-order valence-electron chi connectivity index (χ4n) is 1.78. The number of nitrogens with one attached hydrogen (secondary N) is 2. The van der Waals surface area contributed by atoms with E-state index in [0.29, 0.717) is 18.9 Å². The molecule has 0 unspecified atom stereocenters. The van der Waals surface area contributed by atoms with Gasteiger partial charge in [-0.15, -0.1) is 0 Å². The van der Waals surface area contributed by atoms with E-state index < -0.39 is 0 Å². The summed E-state index contributed by atoms with van der Waals surface area (Å²) in [6.07, 6.45) is 0.502. The zero-order chi connectivity index (χ0) is 12.8. The van der Waals surface area contributed by atoms with Gasteiger partial charge in [-0.25, -0.2) is 0 Å². The highest BCUT2D eigenvalue weighted by molar-refractivity contribution is 5.92. The summed E-state index contributed by atoms with van der Waals surface area (Å²) in [7, 11) is 1.85. The summed E-state index contributed by atoms with van der Waals surface area (Å²) in [5.41, 5.74) is 3.29. The topological polar surface area (TPSA) is 41.1 Å². The lowest BCUT2D eigenvalue weighted by Crippen LogP contribution is -2.20. The van der Waals surface area contributed by atoms with Crippen molar-refractivity contribution in [3.8, 4) is 0 Å². The zero-order valence-corrected chi connectivity index (χ0v) is 11.1. The van der Waals surface area contributed by atoms with Crippen LogP contribution in [-0.2, 0) is 4.79 Å². The summed E-state index contributed by atoms with van der Waals surface area (Å²) < 4.78 is 0. The molecule has 1 aromatic rings. The standard InChI is InChI=1S/C14H22N2O/c1-10(2)12-7-5-6-11(3)14(12)16-13(17)8-9-15-4/h5-7,10,15H,8-9H2,1-4H3,(H,16,17). The molecule has 1 aromatic carbocycles. The lowest BCUT2D eigenvalue weighted by Gasteiger charge is -2.16. The Bertz CT molecular complexity index is 386. The first kappa shape index (κ1) is 13.7. The minimum Gasteiger partial charge on any atom is -0.326 e. The van der Waals surface area contributed by atoms with Gasteiger partial charge in [0.1, 0.15) is 0 Å². The summed E-state index contributed by atoms with van der Waals surface area (Å²) in [6.45, 7) is 7.00. The molecule has 1 amide bonds. The number of carbonyl (C=O) groups excluding carboxylic acids is 1. The molecule has 3 heteroatoms. The van der Waals surface area contributed by atoms with Gasteiger partial charge in [0.2, 0.25) is 5.91 Å². The van der Waals surface area contributed by atoms with Gasteiger partial charge in [-0.05, 0) is 31.0 Å². The molecule has 0 heterocycles. The molecule has 0 saturated heterocycles. The Labute approximate surface area is 104 Å². The maximum absolute atomic E-state index is 11.7. The first-order chi connectivity index (χ1) is 8.06. The van der Waals surface area contributed by atoms with E-state index in [2.05, 4.69) is 30.5 Å². The predicted octanol–water partition coefficient (Wildman–Crippen LogP) is 2.67. The van der Waals surface area contributed by atoms with Crippen molar-refractivity contribution in [2.75, 3.05) is 18.9 Å². The van der Waals surface area contributed by atoms with Crippen molar-refractivity contribution in [3.05, 3.63) is 29.3 Å². The van der Waals surface area contributed by atoms with E-state index in [4.69, 9.17) is 0 Å². The van der Waals surface area contributed by atoms with Crippen LogP contribution in [0.2, 0.25) is 0 Å². The molecule has 0 radical (unpaired) electrons. The lowest BCUT2D eigenvalue weighted by atomic mass is 9.98. The minimum absolute atomic E-state index is 0.0653. The first-order valence-corrected chi connectivity index (χ1v) is 6.10. The molecule has 0 fully saturated rings. The molecule has 17 heavy (non-hydrogen) atoms. The van der Waals surface area contributed by atoms with Crippen LogP contribution in [0.25, 0.3) is 0 Å². The van der Waals surface area contributed by atoms with Crippen LogP contribution in [-0.4, -0.2) is 19.5 Å². The van der Waals surface area contributed by atoms with Crippen molar-refractivity contribution in [2.45, 2.75) is 33.1 Å². The van der Waals surface area contributed by atoms with Crippen LogP contribution < -0.4 is 10.6 Å². The van der Waals surface area contributed by atoms with Crippen molar-refractivity contribution in [3.63, 3.8) is 0 Å². The quantitative estimate of drug-likeness (QED) is 0.822. The highest BCUT2D eigenvalue weighted by atomic mass is 16.1. The first-order valence-electron chi connectivity index (χ1n) is 6.10. The molecule has 3 nitrogen and oxygen atoms in total. The van der Waals surface area contributed by atoms with E-state index in [1.807, 2.05) is 26.1 Å². The van der Waals surface area contributed by atoms with E-state index in [9.17, 15) is 4.79 Å². The van der Waals surface area contributed by atoms with Crippen molar-refractivity contribution in [1.29, 1.82) is 0 Å². The molecule has 0 bridgehead atoms. The van der Waals surface area contributed by atoms with E-state index in [1.165, 1.54) is 5.56 Å². The number of amides is 1. The zero-order valence-electron chi connectivity index (χ0n) is 11.1. The summed E-state index contributed by atoms with van der Waals surface area (Å²) in [5, 5.41) is 5.99. The SMILES string of the molecule is CNCCC(=O)Nc1c(C)cccc1C(C)C. The Morgan fingerprint density at radius 2 is 2.06 bits per heavy atom. The van der Waals surface area contributed by atoms with Crippen molar-refractivity contribution >= 4 is 11.6 Å². The van der Waals surface area contributed by atoms with Crippen molar-refractivity contribution in [1.82, 2.24) is 5.32 Å². The molecule has 0 aliphatic carbocycles. The van der Waals surface area contributed by atoms with Gasteiger partial charge in [-0.2, -0.15) is 0 Å². The summed E-state index contributed by atoms with van der Waals surface area (Å²) in [6, 6.07) is 6.14. The average Bonchev–Trinajstić information content (AvgIpc) is 2.28. The second kappa shape index (κ2) is 6.40. The Balaban J connectivity index is 2.85. The number of hydrogen-bond donors (Lipinski definition) is 2. The molecule has 0 saturated carbocycles. The molecule has 1 rings (SSSR count). The Morgan fingerprint density at radius 1 is 1.35 bits per heavy atom. The maximum atomic E-state index is 11.7. The smallest absolute Gasteiger partial charge is 0.225 e. The predicted molar refractivity (Wildman–Crippen MR) is 72.4 cm³/mol. The van der Waals surface area contributed by atoms with Crippen LogP contribution in [0.15, 0.2) is 18.2 Å². The number of rotatable bonds is 5. The number of hydrogen-bond acceptors (Lipinski definition) is 2. The molecule has 0 aliphatic heterocycles. The van der Waals surface area contributed by atoms with Crippen LogP contribution in [0.1, 0.15) is 37.3 Å². The van der Waals surface area contributed by atoms with Crippen molar-refractivity contribution in [2.24, 2.45) is 0 Å². The number of anilines is 1. The maximum Gasteiger partial charge on any atom is 0.225 e. The third-order valence-electron chi connectivity index (χ3n) is 2.79. The fraction of sp³-hybridized carbons (Fsp3) is 0.500. The minimum atomic E-state index is 0.0653. The molecular weight excluding hydrogens is 212 g/mol. The van der Waals surface area contributed by atoms with Gasteiger partial charge < -0.3 is 10.6 Å². The largest absolute Gasteiger partial charge is 0.326 e. The number of benzene rings is 1.